The largest absolute Gasteiger partial charge is 0.493 e. The van der Waals surface area contributed by atoms with Crippen LogP contribution in [0.1, 0.15) is 18.1 Å². The van der Waals surface area contributed by atoms with E-state index in [0.29, 0.717) is 24.7 Å². The topological polar surface area (TPSA) is 85.8 Å². The van der Waals surface area contributed by atoms with Gasteiger partial charge in [0.05, 0.1) is 20.8 Å². The zero-order valence-electron chi connectivity index (χ0n) is 15.1. The SMILES string of the molecule is CCOC(=O)Nc1ccc(N2CCc3cc(OC)c(OC)cc3C2)nn1. The number of anilines is 2. The highest BCUT2D eigenvalue weighted by atomic mass is 16.5. The number of benzene rings is 1. The van der Waals surface area contributed by atoms with Crippen LogP contribution >= 0.6 is 0 Å². The molecule has 138 valence electrons. The van der Waals surface area contributed by atoms with Crippen LogP contribution in [-0.2, 0) is 17.7 Å². The number of ether oxygens (including phenoxy) is 3. The molecule has 1 aromatic carbocycles. The third-order valence-corrected chi connectivity index (χ3v) is 4.20. The Hall–Kier alpha value is -3.03. The Balaban J connectivity index is 1.73. The second-order valence-corrected chi connectivity index (χ2v) is 5.77. The van der Waals surface area contributed by atoms with Crippen LogP contribution in [0.15, 0.2) is 24.3 Å². The van der Waals surface area contributed by atoms with Gasteiger partial charge in [0.2, 0.25) is 0 Å². The molecule has 0 atom stereocenters. The molecule has 2 heterocycles. The van der Waals surface area contributed by atoms with Crippen molar-refractivity contribution in [2.24, 2.45) is 0 Å². The molecule has 1 aliphatic heterocycles. The Morgan fingerprint density at radius 2 is 1.88 bits per heavy atom. The molecule has 0 saturated heterocycles. The second-order valence-electron chi connectivity index (χ2n) is 5.77. The highest BCUT2D eigenvalue weighted by molar-refractivity contribution is 5.83. The lowest BCUT2D eigenvalue weighted by atomic mass is 9.99. The lowest BCUT2D eigenvalue weighted by Gasteiger charge is -2.30. The van der Waals surface area contributed by atoms with Crippen LogP contribution in [0.2, 0.25) is 0 Å². The summed E-state index contributed by atoms with van der Waals surface area (Å²) in [4.78, 5) is 13.5. The van der Waals surface area contributed by atoms with Gasteiger partial charge in [0.25, 0.3) is 0 Å². The quantitative estimate of drug-likeness (QED) is 0.879. The number of nitrogens with zero attached hydrogens (tertiary/aromatic N) is 3. The van der Waals surface area contributed by atoms with Gasteiger partial charge in [-0.15, -0.1) is 10.2 Å². The van der Waals surface area contributed by atoms with E-state index in [1.165, 1.54) is 11.1 Å². The Bertz CT molecular complexity index is 780. The number of hydrogen-bond acceptors (Lipinski definition) is 7. The van der Waals surface area contributed by atoms with E-state index in [9.17, 15) is 4.79 Å². The first-order valence-electron chi connectivity index (χ1n) is 8.40. The third kappa shape index (κ3) is 3.79. The molecule has 8 nitrogen and oxygen atoms in total. The molecule has 0 radical (unpaired) electrons. The maximum absolute atomic E-state index is 11.4. The summed E-state index contributed by atoms with van der Waals surface area (Å²) in [5.74, 6) is 2.57. The lowest BCUT2D eigenvalue weighted by Crippen LogP contribution is -2.31. The number of fused-ring (bicyclic) bond motifs is 1. The molecule has 0 bridgehead atoms. The summed E-state index contributed by atoms with van der Waals surface area (Å²) >= 11 is 0. The Morgan fingerprint density at radius 3 is 2.50 bits per heavy atom. The molecule has 8 heteroatoms. The average molecular weight is 358 g/mol. The minimum absolute atomic E-state index is 0.304. The van der Waals surface area contributed by atoms with Gasteiger partial charge in [0.1, 0.15) is 0 Å². The maximum Gasteiger partial charge on any atom is 0.412 e. The number of carbonyl (C=O) groups excluding carboxylic acids is 1. The third-order valence-electron chi connectivity index (χ3n) is 4.20. The van der Waals surface area contributed by atoms with Crippen molar-refractivity contribution < 1.29 is 19.0 Å². The van der Waals surface area contributed by atoms with Crippen LogP contribution in [0.4, 0.5) is 16.4 Å². The first-order valence-corrected chi connectivity index (χ1v) is 8.40. The number of rotatable bonds is 5. The van der Waals surface area contributed by atoms with Crippen molar-refractivity contribution in [2.45, 2.75) is 19.9 Å². The Kier molecular flexibility index (Phi) is 5.40. The van der Waals surface area contributed by atoms with Gasteiger partial charge < -0.3 is 19.1 Å². The highest BCUT2D eigenvalue weighted by Crippen LogP contribution is 2.34. The minimum Gasteiger partial charge on any atom is -0.493 e. The van der Waals surface area contributed by atoms with Crippen molar-refractivity contribution in [1.29, 1.82) is 0 Å². The van der Waals surface area contributed by atoms with Crippen LogP contribution in [0.25, 0.3) is 0 Å². The molecule has 0 fully saturated rings. The van der Waals surface area contributed by atoms with E-state index < -0.39 is 6.09 Å². The fourth-order valence-corrected chi connectivity index (χ4v) is 2.91. The number of nitrogens with one attached hydrogen (secondary N) is 1. The number of aromatic nitrogens is 2. The summed E-state index contributed by atoms with van der Waals surface area (Å²) < 4.78 is 15.6. The predicted molar refractivity (Wildman–Crippen MR) is 97.0 cm³/mol. The molecular weight excluding hydrogens is 336 g/mol. The van der Waals surface area contributed by atoms with Crippen LogP contribution in [-0.4, -0.2) is 43.7 Å². The van der Waals surface area contributed by atoms with Gasteiger partial charge in [-0.1, -0.05) is 0 Å². The summed E-state index contributed by atoms with van der Waals surface area (Å²) in [6, 6.07) is 7.58. The molecule has 0 spiro atoms. The molecule has 1 N–H and O–H groups in total. The highest BCUT2D eigenvalue weighted by Gasteiger charge is 2.20. The fraction of sp³-hybridized carbons (Fsp3) is 0.389. The number of hydrogen-bond donors (Lipinski definition) is 1. The van der Waals surface area contributed by atoms with Crippen LogP contribution in [0.3, 0.4) is 0 Å². The molecular formula is C18H22N4O4. The maximum atomic E-state index is 11.4. The molecule has 26 heavy (non-hydrogen) atoms. The summed E-state index contributed by atoms with van der Waals surface area (Å²) in [6.45, 7) is 3.57. The normalized spacial score (nSPS) is 13.0. The number of carbonyl (C=O) groups is 1. The van der Waals surface area contributed by atoms with Crippen molar-refractivity contribution >= 4 is 17.7 Å². The van der Waals surface area contributed by atoms with E-state index in [4.69, 9.17) is 14.2 Å². The van der Waals surface area contributed by atoms with Gasteiger partial charge in [0.15, 0.2) is 23.1 Å². The van der Waals surface area contributed by atoms with Crippen molar-refractivity contribution in [3.05, 3.63) is 35.4 Å². The monoisotopic (exact) mass is 358 g/mol. The van der Waals surface area contributed by atoms with E-state index in [1.54, 1.807) is 27.2 Å². The van der Waals surface area contributed by atoms with E-state index in [2.05, 4.69) is 20.4 Å². The van der Waals surface area contributed by atoms with Crippen molar-refractivity contribution in [3.63, 3.8) is 0 Å². The molecule has 0 saturated carbocycles. The molecule has 0 unspecified atom stereocenters. The molecule has 3 rings (SSSR count). The van der Waals surface area contributed by atoms with E-state index in [1.807, 2.05) is 18.2 Å². The standard InChI is InChI=1S/C18H22N4O4/c1-4-26-18(23)19-16-5-6-17(21-20-16)22-8-7-12-9-14(24-2)15(25-3)10-13(12)11-22/h5-6,9-10H,4,7-8,11H2,1-3H3,(H,19,20,23). The molecule has 0 aliphatic carbocycles. The first kappa shape index (κ1) is 17.8. The summed E-state index contributed by atoms with van der Waals surface area (Å²) in [7, 11) is 3.27. The van der Waals surface area contributed by atoms with Crippen molar-refractivity contribution in [3.8, 4) is 11.5 Å². The molecule has 1 amide bonds. The summed E-state index contributed by atoms with van der Waals surface area (Å²) in [5, 5.41) is 10.8. The number of amides is 1. The van der Waals surface area contributed by atoms with Crippen LogP contribution in [0.5, 0.6) is 11.5 Å². The van der Waals surface area contributed by atoms with Gasteiger partial charge in [-0.05, 0) is 48.7 Å². The summed E-state index contributed by atoms with van der Waals surface area (Å²) in [5.41, 5.74) is 2.41. The molecule has 1 aromatic heterocycles. The van der Waals surface area contributed by atoms with Crippen LogP contribution < -0.4 is 19.7 Å². The van der Waals surface area contributed by atoms with Gasteiger partial charge >= 0.3 is 6.09 Å². The Morgan fingerprint density at radius 1 is 1.15 bits per heavy atom. The Labute approximate surface area is 152 Å². The second kappa shape index (κ2) is 7.90. The van der Waals surface area contributed by atoms with Crippen molar-refractivity contribution in [1.82, 2.24) is 10.2 Å². The zero-order valence-corrected chi connectivity index (χ0v) is 15.1. The lowest BCUT2D eigenvalue weighted by molar-refractivity contribution is 0.168. The van der Waals surface area contributed by atoms with Gasteiger partial charge in [-0.2, -0.15) is 0 Å². The summed E-state index contributed by atoms with van der Waals surface area (Å²) in [6.07, 6.45) is 0.336. The first-order chi connectivity index (χ1) is 12.6. The van der Waals surface area contributed by atoms with Gasteiger partial charge in [-0.3, -0.25) is 5.32 Å². The van der Waals surface area contributed by atoms with Gasteiger partial charge in [0, 0.05) is 13.1 Å². The number of methoxy groups -OCH3 is 2. The average Bonchev–Trinajstić information content (AvgIpc) is 2.67. The van der Waals surface area contributed by atoms with E-state index in [-0.39, 0.29) is 0 Å². The van der Waals surface area contributed by atoms with E-state index >= 15 is 0 Å². The van der Waals surface area contributed by atoms with E-state index in [0.717, 1.165) is 24.5 Å². The molecule has 2 aromatic rings. The van der Waals surface area contributed by atoms with Gasteiger partial charge in [-0.25, -0.2) is 4.79 Å². The van der Waals surface area contributed by atoms with Crippen LogP contribution in [0, 0.1) is 0 Å². The zero-order chi connectivity index (χ0) is 18.5. The van der Waals surface area contributed by atoms with Crippen molar-refractivity contribution in [2.75, 3.05) is 37.6 Å². The molecule has 1 aliphatic rings. The fourth-order valence-electron chi connectivity index (χ4n) is 2.91. The predicted octanol–water partition coefficient (Wildman–Crippen LogP) is 2.62. The minimum atomic E-state index is -0.539. The smallest absolute Gasteiger partial charge is 0.412 e.